The number of nitrogens with zero attached hydrogens (tertiary/aromatic N) is 2. The van der Waals surface area contributed by atoms with Crippen molar-refractivity contribution < 1.29 is 13.2 Å². The van der Waals surface area contributed by atoms with Crippen molar-refractivity contribution in [3.8, 4) is 6.07 Å². The van der Waals surface area contributed by atoms with Gasteiger partial charge in [0.2, 0.25) is 0 Å². The van der Waals surface area contributed by atoms with E-state index in [4.69, 9.17) is 5.26 Å². The summed E-state index contributed by atoms with van der Waals surface area (Å²) >= 11 is 0. The standard InChI is InChI=1S/C12H12N2O3S/c1-8-4-5-9(7-13)6-10(8)14-11(15)12(2,3)18(14,16)17/h4-6H,1-3H3. The topological polar surface area (TPSA) is 78.2 Å². The number of aryl methyl sites for hydroxylation is 1. The Morgan fingerprint density at radius 2 is 1.94 bits per heavy atom. The summed E-state index contributed by atoms with van der Waals surface area (Å²) < 4.78 is 23.5. The minimum absolute atomic E-state index is 0.262. The summed E-state index contributed by atoms with van der Waals surface area (Å²) in [7, 11) is -3.68. The van der Waals surface area contributed by atoms with Crippen LogP contribution in [0.15, 0.2) is 18.2 Å². The molecule has 18 heavy (non-hydrogen) atoms. The van der Waals surface area contributed by atoms with Gasteiger partial charge in [-0.3, -0.25) is 4.79 Å². The van der Waals surface area contributed by atoms with E-state index in [1.54, 1.807) is 19.1 Å². The van der Waals surface area contributed by atoms with Gasteiger partial charge >= 0.3 is 0 Å². The van der Waals surface area contributed by atoms with E-state index in [0.717, 1.165) is 4.31 Å². The van der Waals surface area contributed by atoms with Crippen LogP contribution in [0, 0.1) is 18.3 Å². The number of nitriles is 1. The van der Waals surface area contributed by atoms with Crippen LogP contribution in [-0.2, 0) is 14.8 Å². The van der Waals surface area contributed by atoms with Gasteiger partial charge in [0.15, 0.2) is 4.75 Å². The summed E-state index contributed by atoms with van der Waals surface area (Å²) in [5, 5.41) is 8.82. The van der Waals surface area contributed by atoms with Gasteiger partial charge in [0.05, 0.1) is 17.3 Å². The predicted octanol–water partition coefficient (Wildman–Crippen LogP) is 1.32. The van der Waals surface area contributed by atoms with E-state index in [1.165, 1.54) is 19.9 Å². The van der Waals surface area contributed by atoms with Gasteiger partial charge in [0, 0.05) is 0 Å². The Hall–Kier alpha value is -1.87. The maximum absolute atomic E-state index is 12.1. The molecule has 0 N–H and O–H groups in total. The van der Waals surface area contributed by atoms with E-state index in [2.05, 4.69) is 0 Å². The first-order chi connectivity index (χ1) is 8.23. The molecule has 1 heterocycles. The third-order valence-electron chi connectivity index (χ3n) is 3.14. The zero-order valence-electron chi connectivity index (χ0n) is 10.3. The number of sulfonamides is 1. The van der Waals surface area contributed by atoms with Crippen LogP contribution in [0.25, 0.3) is 0 Å². The second-order valence-corrected chi connectivity index (χ2v) is 7.03. The molecule has 0 spiro atoms. The first-order valence-corrected chi connectivity index (χ1v) is 6.77. The van der Waals surface area contributed by atoms with Crippen molar-refractivity contribution in [2.24, 2.45) is 0 Å². The summed E-state index contributed by atoms with van der Waals surface area (Å²) in [4.78, 5) is 11.9. The van der Waals surface area contributed by atoms with Crippen molar-refractivity contribution in [2.75, 3.05) is 4.31 Å². The Labute approximate surface area is 106 Å². The highest BCUT2D eigenvalue weighted by molar-refractivity contribution is 7.98. The van der Waals surface area contributed by atoms with Crippen molar-refractivity contribution in [3.05, 3.63) is 29.3 Å². The number of carbonyl (C=O) groups excluding carboxylic acids is 1. The van der Waals surface area contributed by atoms with Crippen LogP contribution in [0.5, 0.6) is 0 Å². The van der Waals surface area contributed by atoms with Gasteiger partial charge in [0.1, 0.15) is 0 Å². The molecule has 1 aliphatic rings. The van der Waals surface area contributed by atoms with E-state index in [9.17, 15) is 13.2 Å². The number of amides is 1. The Bertz CT molecular complexity index is 684. The van der Waals surface area contributed by atoms with Crippen molar-refractivity contribution in [3.63, 3.8) is 0 Å². The SMILES string of the molecule is Cc1ccc(C#N)cc1N1C(=O)C(C)(C)S1(=O)=O. The smallest absolute Gasteiger partial charge is 0.263 e. The third kappa shape index (κ3) is 1.37. The summed E-state index contributed by atoms with van der Waals surface area (Å²) in [5.74, 6) is -0.472. The highest BCUT2D eigenvalue weighted by Crippen LogP contribution is 2.40. The van der Waals surface area contributed by atoms with Gasteiger partial charge in [-0.25, -0.2) is 12.7 Å². The number of carbonyl (C=O) groups is 1. The molecule has 1 aromatic carbocycles. The Balaban J connectivity index is 2.60. The van der Waals surface area contributed by atoms with E-state index < -0.39 is 20.7 Å². The van der Waals surface area contributed by atoms with Crippen LogP contribution < -0.4 is 4.31 Å². The van der Waals surface area contributed by atoms with Gasteiger partial charge < -0.3 is 0 Å². The molecule has 1 aliphatic heterocycles. The molecule has 1 saturated heterocycles. The molecule has 0 saturated carbocycles. The molecule has 1 fully saturated rings. The van der Waals surface area contributed by atoms with E-state index in [-0.39, 0.29) is 5.69 Å². The predicted molar refractivity (Wildman–Crippen MR) is 66.4 cm³/mol. The van der Waals surface area contributed by atoms with Crippen molar-refractivity contribution in [2.45, 2.75) is 25.5 Å². The van der Waals surface area contributed by atoms with Crippen LogP contribution in [0.1, 0.15) is 25.0 Å². The summed E-state index contributed by atoms with van der Waals surface area (Å²) in [6.45, 7) is 4.46. The molecule has 1 aromatic rings. The summed E-state index contributed by atoms with van der Waals surface area (Å²) in [5.41, 5.74) is 1.23. The third-order valence-corrected chi connectivity index (χ3v) is 5.45. The largest absolute Gasteiger partial charge is 0.272 e. The summed E-state index contributed by atoms with van der Waals surface area (Å²) in [6, 6.07) is 6.56. The number of rotatable bonds is 1. The van der Waals surface area contributed by atoms with Gasteiger partial charge in [0.25, 0.3) is 15.9 Å². The molecule has 0 aromatic heterocycles. The number of anilines is 1. The fraction of sp³-hybridized carbons (Fsp3) is 0.333. The van der Waals surface area contributed by atoms with Gasteiger partial charge in [-0.1, -0.05) is 6.07 Å². The number of hydrogen-bond donors (Lipinski definition) is 0. The second-order valence-electron chi connectivity index (χ2n) is 4.70. The molecule has 0 unspecified atom stereocenters. The summed E-state index contributed by atoms with van der Waals surface area (Å²) in [6.07, 6.45) is 0. The fourth-order valence-electron chi connectivity index (χ4n) is 1.79. The Morgan fingerprint density at radius 1 is 1.33 bits per heavy atom. The minimum Gasteiger partial charge on any atom is -0.272 e. The lowest BCUT2D eigenvalue weighted by molar-refractivity contribution is -0.120. The first kappa shape index (κ1) is 12.6. The molecule has 5 nitrogen and oxygen atoms in total. The minimum atomic E-state index is -3.68. The lowest BCUT2D eigenvalue weighted by Gasteiger charge is -2.43. The molecule has 0 bridgehead atoms. The number of hydrogen-bond acceptors (Lipinski definition) is 4. The van der Waals surface area contributed by atoms with Gasteiger partial charge in [-0.15, -0.1) is 0 Å². The van der Waals surface area contributed by atoms with Gasteiger partial charge in [-0.2, -0.15) is 5.26 Å². The normalized spacial score (nSPS) is 20.1. The van der Waals surface area contributed by atoms with Crippen LogP contribution in [0.4, 0.5) is 5.69 Å². The molecular weight excluding hydrogens is 252 g/mol. The lowest BCUT2D eigenvalue weighted by Crippen LogP contribution is -2.67. The molecule has 2 rings (SSSR count). The van der Waals surface area contributed by atoms with Gasteiger partial charge in [-0.05, 0) is 38.5 Å². The van der Waals surface area contributed by atoms with Crippen LogP contribution in [-0.4, -0.2) is 19.1 Å². The molecule has 6 heteroatoms. The maximum atomic E-state index is 12.1. The molecule has 0 radical (unpaired) electrons. The monoisotopic (exact) mass is 264 g/mol. The first-order valence-electron chi connectivity index (χ1n) is 5.33. The van der Waals surface area contributed by atoms with Crippen LogP contribution in [0.2, 0.25) is 0 Å². The van der Waals surface area contributed by atoms with Crippen LogP contribution >= 0.6 is 0 Å². The maximum Gasteiger partial charge on any atom is 0.263 e. The van der Waals surface area contributed by atoms with E-state index in [0.29, 0.717) is 11.1 Å². The molecule has 94 valence electrons. The lowest BCUT2D eigenvalue weighted by atomic mass is 10.1. The molecular formula is C12H12N2O3S. The molecule has 1 amide bonds. The average molecular weight is 264 g/mol. The number of benzene rings is 1. The zero-order valence-corrected chi connectivity index (χ0v) is 11.1. The average Bonchev–Trinajstić information content (AvgIpc) is 2.31. The van der Waals surface area contributed by atoms with Crippen LogP contribution in [0.3, 0.4) is 0 Å². The Morgan fingerprint density at radius 3 is 2.44 bits per heavy atom. The van der Waals surface area contributed by atoms with Crippen molar-refractivity contribution >= 4 is 21.6 Å². The second kappa shape index (κ2) is 3.56. The van der Waals surface area contributed by atoms with Crippen molar-refractivity contribution in [1.82, 2.24) is 0 Å². The van der Waals surface area contributed by atoms with E-state index >= 15 is 0 Å². The van der Waals surface area contributed by atoms with E-state index in [1.807, 2.05) is 6.07 Å². The Kier molecular flexibility index (Phi) is 2.49. The zero-order chi connectivity index (χ0) is 13.7. The van der Waals surface area contributed by atoms with Crippen molar-refractivity contribution in [1.29, 1.82) is 5.26 Å². The molecule has 0 atom stereocenters. The molecule has 0 aliphatic carbocycles. The quantitative estimate of drug-likeness (QED) is 0.766. The highest BCUT2D eigenvalue weighted by atomic mass is 32.2. The highest BCUT2D eigenvalue weighted by Gasteiger charge is 2.61. The fourth-order valence-corrected chi connectivity index (χ4v) is 3.33.